The number of halogens is 3. The van der Waals surface area contributed by atoms with E-state index in [9.17, 15) is 13.6 Å². The molecule has 0 radical (unpaired) electrons. The SMILES string of the molecule is Cc1cc(C(=O)c2ccc(OC(F)F)cc2)c(C)cc1Cl. The Morgan fingerprint density at radius 3 is 2.29 bits per heavy atom. The summed E-state index contributed by atoms with van der Waals surface area (Å²) in [6.45, 7) is 0.734. The highest BCUT2D eigenvalue weighted by atomic mass is 35.5. The van der Waals surface area contributed by atoms with Gasteiger partial charge in [0.2, 0.25) is 0 Å². The van der Waals surface area contributed by atoms with Gasteiger partial charge in [0.1, 0.15) is 5.75 Å². The first-order chi connectivity index (χ1) is 9.88. The summed E-state index contributed by atoms with van der Waals surface area (Å²) in [6.07, 6.45) is 0. The number of benzene rings is 2. The summed E-state index contributed by atoms with van der Waals surface area (Å²) in [5, 5.41) is 0.602. The minimum Gasteiger partial charge on any atom is -0.435 e. The predicted molar refractivity (Wildman–Crippen MR) is 77.4 cm³/mol. The Morgan fingerprint density at radius 2 is 1.71 bits per heavy atom. The van der Waals surface area contributed by atoms with Crippen molar-refractivity contribution in [3.8, 4) is 5.75 Å². The van der Waals surface area contributed by atoms with E-state index < -0.39 is 6.61 Å². The molecule has 0 saturated carbocycles. The van der Waals surface area contributed by atoms with Crippen molar-refractivity contribution in [1.82, 2.24) is 0 Å². The van der Waals surface area contributed by atoms with Crippen LogP contribution in [0.2, 0.25) is 5.02 Å². The lowest BCUT2D eigenvalue weighted by molar-refractivity contribution is -0.0498. The molecule has 0 bridgehead atoms. The average molecular weight is 311 g/mol. The highest BCUT2D eigenvalue weighted by Gasteiger charge is 2.14. The van der Waals surface area contributed by atoms with Crippen molar-refractivity contribution in [1.29, 1.82) is 0 Å². The molecule has 2 rings (SSSR count). The van der Waals surface area contributed by atoms with Gasteiger partial charge in [-0.15, -0.1) is 0 Å². The molecular formula is C16H13ClF2O2. The van der Waals surface area contributed by atoms with Gasteiger partial charge in [-0.05, 0) is 61.4 Å². The van der Waals surface area contributed by atoms with E-state index in [2.05, 4.69) is 4.74 Å². The predicted octanol–water partition coefficient (Wildman–Crippen LogP) is 4.79. The summed E-state index contributed by atoms with van der Waals surface area (Å²) in [5.74, 6) is -0.165. The summed E-state index contributed by atoms with van der Waals surface area (Å²) in [6, 6.07) is 9.07. The highest BCUT2D eigenvalue weighted by molar-refractivity contribution is 6.31. The van der Waals surface area contributed by atoms with Crippen molar-refractivity contribution >= 4 is 17.4 Å². The van der Waals surface area contributed by atoms with Gasteiger partial charge in [-0.1, -0.05) is 11.6 Å². The molecule has 0 fully saturated rings. The molecule has 2 aromatic rings. The van der Waals surface area contributed by atoms with Crippen LogP contribution in [0.4, 0.5) is 8.78 Å². The molecule has 0 unspecified atom stereocenters. The second kappa shape index (κ2) is 6.22. The number of hydrogen-bond donors (Lipinski definition) is 0. The van der Waals surface area contributed by atoms with Crippen molar-refractivity contribution in [2.24, 2.45) is 0 Å². The van der Waals surface area contributed by atoms with E-state index in [-0.39, 0.29) is 11.5 Å². The van der Waals surface area contributed by atoms with Crippen LogP contribution in [0.5, 0.6) is 5.75 Å². The third-order valence-electron chi connectivity index (χ3n) is 3.09. The minimum atomic E-state index is -2.88. The molecule has 0 amide bonds. The van der Waals surface area contributed by atoms with Crippen molar-refractivity contribution in [3.05, 3.63) is 63.7 Å². The fourth-order valence-electron chi connectivity index (χ4n) is 1.97. The van der Waals surface area contributed by atoms with E-state index in [0.717, 1.165) is 11.1 Å². The second-order valence-electron chi connectivity index (χ2n) is 4.65. The number of carbonyl (C=O) groups is 1. The van der Waals surface area contributed by atoms with Gasteiger partial charge >= 0.3 is 6.61 Å². The maximum Gasteiger partial charge on any atom is 0.387 e. The quantitative estimate of drug-likeness (QED) is 0.759. The molecule has 0 aliphatic heterocycles. The molecule has 0 aliphatic carbocycles. The molecule has 21 heavy (non-hydrogen) atoms. The van der Waals surface area contributed by atoms with Gasteiger partial charge in [0.15, 0.2) is 5.78 Å². The number of ether oxygens (including phenoxy) is 1. The molecule has 2 nitrogen and oxygen atoms in total. The molecular weight excluding hydrogens is 298 g/mol. The number of carbonyl (C=O) groups excluding carboxylic acids is 1. The van der Waals surface area contributed by atoms with E-state index in [1.54, 1.807) is 19.1 Å². The Bertz CT molecular complexity index is 667. The summed E-state index contributed by atoms with van der Waals surface area (Å²) in [7, 11) is 0. The zero-order chi connectivity index (χ0) is 15.6. The molecule has 0 spiro atoms. The van der Waals surface area contributed by atoms with Crippen molar-refractivity contribution in [2.75, 3.05) is 0 Å². The Morgan fingerprint density at radius 1 is 1.10 bits per heavy atom. The fraction of sp³-hybridized carbons (Fsp3) is 0.188. The van der Waals surface area contributed by atoms with Crippen molar-refractivity contribution in [3.63, 3.8) is 0 Å². The summed E-state index contributed by atoms with van der Waals surface area (Å²) in [4.78, 5) is 12.4. The van der Waals surface area contributed by atoms with Gasteiger partial charge in [-0.25, -0.2) is 0 Å². The van der Waals surface area contributed by atoms with Gasteiger partial charge in [-0.3, -0.25) is 4.79 Å². The lowest BCUT2D eigenvalue weighted by atomic mass is 9.97. The number of rotatable bonds is 4. The number of aryl methyl sites for hydroxylation is 2. The summed E-state index contributed by atoms with van der Waals surface area (Å²) >= 11 is 6.01. The topological polar surface area (TPSA) is 26.3 Å². The van der Waals surface area contributed by atoms with E-state index in [4.69, 9.17) is 11.6 Å². The van der Waals surface area contributed by atoms with Gasteiger partial charge in [0.05, 0.1) is 0 Å². The van der Waals surface area contributed by atoms with Gasteiger partial charge in [0, 0.05) is 16.1 Å². The Kier molecular flexibility index (Phi) is 4.58. The normalized spacial score (nSPS) is 10.8. The van der Waals surface area contributed by atoms with Crippen LogP contribution in [0, 0.1) is 13.8 Å². The van der Waals surface area contributed by atoms with Gasteiger partial charge < -0.3 is 4.74 Å². The first-order valence-electron chi connectivity index (χ1n) is 6.25. The van der Waals surface area contributed by atoms with E-state index in [1.807, 2.05) is 6.92 Å². The summed E-state index contributed by atoms with van der Waals surface area (Å²) < 4.78 is 28.4. The van der Waals surface area contributed by atoms with Crippen molar-refractivity contribution in [2.45, 2.75) is 20.5 Å². The van der Waals surface area contributed by atoms with Crippen molar-refractivity contribution < 1.29 is 18.3 Å². The lowest BCUT2D eigenvalue weighted by Gasteiger charge is -2.09. The van der Waals surface area contributed by atoms with E-state index in [0.29, 0.717) is 16.1 Å². The minimum absolute atomic E-state index is 0.0190. The fourth-order valence-corrected chi connectivity index (χ4v) is 2.19. The molecule has 0 saturated heterocycles. The van der Waals surface area contributed by atoms with Crippen LogP contribution in [-0.2, 0) is 0 Å². The number of hydrogen-bond acceptors (Lipinski definition) is 2. The first-order valence-corrected chi connectivity index (χ1v) is 6.62. The molecule has 5 heteroatoms. The Labute approximate surface area is 126 Å². The maximum atomic E-state index is 12.4. The van der Waals surface area contributed by atoms with Crippen LogP contribution >= 0.6 is 11.6 Å². The largest absolute Gasteiger partial charge is 0.435 e. The van der Waals surface area contributed by atoms with Crippen LogP contribution in [0.3, 0.4) is 0 Å². The average Bonchev–Trinajstić information content (AvgIpc) is 2.42. The highest BCUT2D eigenvalue weighted by Crippen LogP contribution is 2.23. The molecule has 0 atom stereocenters. The third kappa shape index (κ3) is 3.58. The molecule has 0 heterocycles. The molecule has 2 aromatic carbocycles. The van der Waals surface area contributed by atoms with Gasteiger partial charge in [0.25, 0.3) is 0 Å². The molecule has 0 aromatic heterocycles. The smallest absolute Gasteiger partial charge is 0.387 e. The Hall–Kier alpha value is -1.94. The molecule has 0 aliphatic rings. The monoisotopic (exact) mass is 310 g/mol. The summed E-state index contributed by atoms with van der Waals surface area (Å²) in [5.41, 5.74) is 2.52. The molecule has 0 N–H and O–H groups in total. The number of alkyl halides is 2. The van der Waals surface area contributed by atoms with E-state index in [1.165, 1.54) is 24.3 Å². The number of ketones is 1. The van der Waals surface area contributed by atoms with Crippen LogP contribution in [0.1, 0.15) is 27.0 Å². The van der Waals surface area contributed by atoms with Crippen LogP contribution < -0.4 is 4.74 Å². The standard InChI is InChI=1S/C16H13ClF2O2/c1-9-8-14(17)10(2)7-13(9)15(20)11-3-5-12(6-4-11)21-16(18)19/h3-8,16H,1-2H3. The first kappa shape index (κ1) is 15.4. The van der Waals surface area contributed by atoms with Crippen LogP contribution in [0.15, 0.2) is 36.4 Å². The zero-order valence-electron chi connectivity index (χ0n) is 11.5. The Balaban J connectivity index is 2.30. The lowest BCUT2D eigenvalue weighted by Crippen LogP contribution is -2.05. The third-order valence-corrected chi connectivity index (χ3v) is 3.50. The zero-order valence-corrected chi connectivity index (χ0v) is 12.2. The van der Waals surface area contributed by atoms with Crippen LogP contribution in [-0.4, -0.2) is 12.4 Å². The van der Waals surface area contributed by atoms with Gasteiger partial charge in [-0.2, -0.15) is 8.78 Å². The second-order valence-corrected chi connectivity index (χ2v) is 5.06. The van der Waals surface area contributed by atoms with E-state index >= 15 is 0 Å². The molecule has 110 valence electrons. The maximum absolute atomic E-state index is 12.4. The van der Waals surface area contributed by atoms with Crippen LogP contribution in [0.25, 0.3) is 0 Å².